The fourth-order valence-electron chi connectivity index (χ4n) is 3.08. The minimum absolute atomic E-state index is 0.0127. The molecule has 3 rings (SSSR count). The number of ether oxygens (including phenoxy) is 2. The van der Waals surface area contributed by atoms with Crippen LogP contribution in [0.2, 0.25) is 0 Å². The zero-order chi connectivity index (χ0) is 16.4. The summed E-state index contributed by atoms with van der Waals surface area (Å²) in [6.45, 7) is 6.39. The molecule has 1 fully saturated rings. The quantitative estimate of drug-likeness (QED) is 0.772. The Labute approximate surface area is 136 Å². The molecule has 126 valence electrons. The molecule has 2 aliphatic heterocycles. The fourth-order valence-corrected chi connectivity index (χ4v) is 3.08. The van der Waals surface area contributed by atoms with E-state index in [1.807, 2.05) is 32.0 Å². The lowest BCUT2D eigenvalue weighted by atomic mass is 9.93. The first kappa shape index (κ1) is 16.1. The SMILES string of the molecule is CCCC1CC(C(=O)NC(C)(C)c2ccc3c(c2)OCO3)NN1. The van der Waals surface area contributed by atoms with Crippen molar-refractivity contribution < 1.29 is 14.3 Å². The van der Waals surface area contributed by atoms with Crippen LogP contribution in [0.5, 0.6) is 11.5 Å². The summed E-state index contributed by atoms with van der Waals surface area (Å²) in [6.07, 6.45) is 3.00. The van der Waals surface area contributed by atoms with E-state index >= 15 is 0 Å². The van der Waals surface area contributed by atoms with Gasteiger partial charge in [0.25, 0.3) is 0 Å². The van der Waals surface area contributed by atoms with E-state index in [1.165, 1.54) is 0 Å². The molecular weight excluding hydrogens is 294 g/mol. The fraction of sp³-hybridized carbons (Fsp3) is 0.588. The summed E-state index contributed by atoms with van der Waals surface area (Å²) < 4.78 is 10.8. The van der Waals surface area contributed by atoms with Gasteiger partial charge in [-0.3, -0.25) is 10.2 Å². The number of hydrazine groups is 1. The first-order chi connectivity index (χ1) is 11.0. The van der Waals surface area contributed by atoms with Gasteiger partial charge in [0.15, 0.2) is 11.5 Å². The molecule has 1 saturated heterocycles. The van der Waals surface area contributed by atoms with Crippen LogP contribution in [0.3, 0.4) is 0 Å². The van der Waals surface area contributed by atoms with Gasteiger partial charge in [-0.2, -0.15) is 0 Å². The van der Waals surface area contributed by atoms with Gasteiger partial charge < -0.3 is 14.8 Å². The third kappa shape index (κ3) is 3.43. The van der Waals surface area contributed by atoms with Gasteiger partial charge in [0.2, 0.25) is 12.7 Å². The van der Waals surface area contributed by atoms with E-state index in [1.54, 1.807) is 0 Å². The van der Waals surface area contributed by atoms with E-state index in [0.29, 0.717) is 6.04 Å². The van der Waals surface area contributed by atoms with Gasteiger partial charge in [-0.1, -0.05) is 19.4 Å². The van der Waals surface area contributed by atoms with E-state index in [-0.39, 0.29) is 18.7 Å². The molecule has 2 aliphatic rings. The van der Waals surface area contributed by atoms with Crippen molar-refractivity contribution in [2.24, 2.45) is 0 Å². The minimum atomic E-state index is -0.484. The molecule has 2 unspecified atom stereocenters. The predicted octanol–water partition coefficient (Wildman–Crippen LogP) is 1.80. The predicted molar refractivity (Wildman–Crippen MR) is 87.1 cm³/mol. The van der Waals surface area contributed by atoms with Crippen LogP contribution in [-0.4, -0.2) is 24.8 Å². The Hall–Kier alpha value is -1.79. The molecule has 0 saturated carbocycles. The van der Waals surface area contributed by atoms with E-state index in [4.69, 9.17) is 9.47 Å². The summed E-state index contributed by atoms with van der Waals surface area (Å²) in [7, 11) is 0. The number of rotatable bonds is 5. The van der Waals surface area contributed by atoms with E-state index < -0.39 is 5.54 Å². The second-order valence-electron chi connectivity index (χ2n) is 6.74. The van der Waals surface area contributed by atoms with Crippen molar-refractivity contribution in [2.75, 3.05) is 6.79 Å². The van der Waals surface area contributed by atoms with Crippen molar-refractivity contribution in [3.05, 3.63) is 23.8 Å². The molecule has 2 atom stereocenters. The first-order valence-corrected chi connectivity index (χ1v) is 8.23. The molecular formula is C17H25N3O3. The van der Waals surface area contributed by atoms with Crippen LogP contribution in [0.1, 0.15) is 45.6 Å². The van der Waals surface area contributed by atoms with E-state index in [2.05, 4.69) is 23.1 Å². The van der Waals surface area contributed by atoms with Crippen LogP contribution >= 0.6 is 0 Å². The van der Waals surface area contributed by atoms with Gasteiger partial charge in [-0.05, 0) is 44.4 Å². The van der Waals surface area contributed by atoms with Gasteiger partial charge in [-0.25, -0.2) is 5.43 Å². The van der Waals surface area contributed by atoms with Crippen LogP contribution in [0.15, 0.2) is 18.2 Å². The van der Waals surface area contributed by atoms with Crippen LogP contribution in [-0.2, 0) is 10.3 Å². The van der Waals surface area contributed by atoms with Gasteiger partial charge in [-0.15, -0.1) is 0 Å². The first-order valence-electron chi connectivity index (χ1n) is 8.23. The Bertz CT molecular complexity index is 588. The van der Waals surface area contributed by atoms with Gasteiger partial charge in [0.05, 0.1) is 5.54 Å². The number of benzene rings is 1. The third-order valence-electron chi connectivity index (χ3n) is 4.47. The number of fused-ring (bicyclic) bond motifs is 1. The molecule has 23 heavy (non-hydrogen) atoms. The van der Waals surface area contributed by atoms with Crippen molar-refractivity contribution in [3.63, 3.8) is 0 Å². The minimum Gasteiger partial charge on any atom is -0.454 e. The highest BCUT2D eigenvalue weighted by molar-refractivity contribution is 5.83. The molecule has 1 aromatic rings. The summed E-state index contributed by atoms with van der Waals surface area (Å²) in [5.41, 5.74) is 6.81. The average molecular weight is 319 g/mol. The van der Waals surface area contributed by atoms with Crippen LogP contribution in [0.25, 0.3) is 0 Å². The van der Waals surface area contributed by atoms with Crippen LogP contribution in [0, 0.1) is 0 Å². The molecule has 1 amide bonds. The van der Waals surface area contributed by atoms with Crippen LogP contribution in [0.4, 0.5) is 0 Å². The lowest BCUT2D eigenvalue weighted by Gasteiger charge is -2.28. The molecule has 0 aromatic heterocycles. The number of carbonyl (C=O) groups excluding carboxylic acids is 1. The standard InChI is InChI=1S/C17H25N3O3/c1-4-5-12-9-13(20-19-12)16(21)18-17(2,3)11-6-7-14-15(8-11)23-10-22-14/h6-8,12-13,19-20H,4-5,9-10H2,1-3H3,(H,18,21). The lowest BCUT2D eigenvalue weighted by molar-refractivity contribution is -0.124. The number of amides is 1. The largest absolute Gasteiger partial charge is 0.454 e. The molecule has 0 radical (unpaired) electrons. The summed E-state index contributed by atoms with van der Waals surface area (Å²) >= 11 is 0. The molecule has 1 aromatic carbocycles. The van der Waals surface area contributed by atoms with E-state index in [0.717, 1.165) is 36.3 Å². The number of carbonyl (C=O) groups is 1. The summed E-state index contributed by atoms with van der Waals surface area (Å²) in [5, 5.41) is 3.13. The molecule has 0 bridgehead atoms. The highest BCUT2D eigenvalue weighted by atomic mass is 16.7. The van der Waals surface area contributed by atoms with Gasteiger partial charge in [0.1, 0.15) is 6.04 Å². The monoisotopic (exact) mass is 319 g/mol. The van der Waals surface area contributed by atoms with E-state index in [9.17, 15) is 4.79 Å². The second kappa shape index (κ2) is 6.37. The average Bonchev–Trinajstić information content (AvgIpc) is 3.15. The number of hydrogen-bond donors (Lipinski definition) is 3. The van der Waals surface area contributed by atoms with Crippen molar-refractivity contribution in [1.29, 1.82) is 0 Å². The van der Waals surface area contributed by atoms with Gasteiger partial charge >= 0.3 is 0 Å². The Morgan fingerprint density at radius 3 is 2.87 bits per heavy atom. The van der Waals surface area contributed by atoms with Gasteiger partial charge in [0, 0.05) is 6.04 Å². The maximum absolute atomic E-state index is 12.5. The Balaban J connectivity index is 1.65. The Morgan fingerprint density at radius 2 is 2.09 bits per heavy atom. The molecule has 3 N–H and O–H groups in total. The normalized spacial score (nSPS) is 23.1. The van der Waals surface area contributed by atoms with Crippen LogP contribution < -0.4 is 25.6 Å². The maximum atomic E-state index is 12.5. The summed E-state index contributed by atoms with van der Waals surface area (Å²) in [5.74, 6) is 1.49. The highest BCUT2D eigenvalue weighted by Crippen LogP contribution is 2.35. The molecule has 2 heterocycles. The Kier molecular flexibility index (Phi) is 4.46. The summed E-state index contributed by atoms with van der Waals surface area (Å²) in [6, 6.07) is 5.96. The number of nitrogens with one attached hydrogen (secondary N) is 3. The topological polar surface area (TPSA) is 71.6 Å². The summed E-state index contributed by atoms with van der Waals surface area (Å²) in [4.78, 5) is 12.5. The molecule has 0 aliphatic carbocycles. The highest BCUT2D eigenvalue weighted by Gasteiger charge is 2.33. The smallest absolute Gasteiger partial charge is 0.239 e. The molecule has 6 nitrogen and oxygen atoms in total. The van der Waals surface area contributed by atoms with Crippen molar-refractivity contribution in [1.82, 2.24) is 16.2 Å². The molecule has 6 heteroatoms. The van der Waals surface area contributed by atoms with Crippen molar-refractivity contribution >= 4 is 5.91 Å². The van der Waals surface area contributed by atoms with Crippen molar-refractivity contribution in [2.45, 2.75) is 57.7 Å². The van der Waals surface area contributed by atoms with Crippen molar-refractivity contribution in [3.8, 4) is 11.5 Å². The second-order valence-corrected chi connectivity index (χ2v) is 6.74. The Morgan fingerprint density at radius 1 is 1.30 bits per heavy atom. The lowest BCUT2D eigenvalue weighted by Crippen LogP contribution is -2.49. The zero-order valence-electron chi connectivity index (χ0n) is 13.9. The maximum Gasteiger partial charge on any atom is 0.239 e. The zero-order valence-corrected chi connectivity index (χ0v) is 13.9. The third-order valence-corrected chi connectivity index (χ3v) is 4.47. The number of hydrogen-bond acceptors (Lipinski definition) is 5. The molecule has 0 spiro atoms.